The molecule has 0 rings (SSSR count). The lowest BCUT2D eigenvalue weighted by molar-refractivity contribution is -0.161. The molecular formula is C65H102O5. The van der Waals surface area contributed by atoms with Gasteiger partial charge in [-0.3, -0.25) is 9.59 Å². The van der Waals surface area contributed by atoms with E-state index in [0.29, 0.717) is 12.8 Å². The summed E-state index contributed by atoms with van der Waals surface area (Å²) in [5.74, 6) is -0.670. The molecule has 1 unspecified atom stereocenters. The van der Waals surface area contributed by atoms with Crippen LogP contribution in [0.15, 0.2) is 158 Å². The summed E-state index contributed by atoms with van der Waals surface area (Å²) in [6.07, 6.45) is 90.7. The minimum Gasteiger partial charge on any atom is -0.462 e. The first kappa shape index (κ1) is 65.5. The second-order valence-corrected chi connectivity index (χ2v) is 17.9. The minimum atomic E-state index is -0.815. The highest BCUT2D eigenvalue weighted by atomic mass is 16.6. The number of allylic oxidation sites excluding steroid dienone is 26. The zero-order valence-electron chi connectivity index (χ0n) is 44.7. The molecule has 0 fully saturated rings. The second-order valence-electron chi connectivity index (χ2n) is 17.9. The molecule has 70 heavy (non-hydrogen) atoms. The van der Waals surface area contributed by atoms with Crippen LogP contribution >= 0.6 is 0 Å². The maximum atomic E-state index is 12.3. The zero-order chi connectivity index (χ0) is 50.6. The number of carbonyl (C=O) groups excluding carboxylic acids is 2. The molecule has 392 valence electrons. The number of hydrogen-bond acceptors (Lipinski definition) is 5. The standard InChI is InChI=1S/C65H102O5/c1-3-5-7-9-11-13-15-17-19-21-23-25-27-28-29-30-31-32-33-34-35-36-38-39-41-43-45-47-49-51-53-55-57-59-64(67)69-62-63(61-66)70-65(68)60-58-56-54-52-50-48-46-44-42-40-37-26-24-22-20-18-16-14-12-10-8-6-4-2/h5-8,11-14,17-20,23-26,28-29,31-32,40,42,46,48,52,54,63,66H,3-4,9-10,15-16,21-22,27,30,33-39,41,43-45,47,49-51,53,55-62H2,1-2H3/b7-5-,8-6-,13-11-,14-12-,19-17-,20-18-,25-23-,26-24-,29-28-,32-31-,42-40-,48-46-,54-52-. The largest absolute Gasteiger partial charge is 0.462 e. The number of hydrogen-bond donors (Lipinski definition) is 1. The third-order valence-corrected chi connectivity index (χ3v) is 11.3. The second kappa shape index (κ2) is 58.8. The van der Waals surface area contributed by atoms with Gasteiger partial charge in [-0.15, -0.1) is 0 Å². The monoisotopic (exact) mass is 963 g/mol. The van der Waals surface area contributed by atoms with E-state index >= 15 is 0 Å². The molecule has 0 aromatic rings. The van der Waals surface area contributed by atoms with Crippen LogP contribution in [0.25, 0.3) is 0 Å². The molecule has 0 aliphatic carbocycles. The molecule has 0 radical (unpaired) electrons. The molecule has 0 aliphatic heterocycles. The maximum absolute atomic E-state index is 12.3. The van der Waals surface area contributed by atoms with Gasteiger partial charge in [0.2, 0.25) is 0 Å². The van der Waals surface area contributed by atoms with Crippen LogP contribution in [0.3, 0.4) is 0 Å². The Labute approximate surface area is 430 Å². The van der Waals surface area contributed by atoms with Crippen molar-refractivity contribution in [3.05, 3.63) is 158 Å². The predicted octanol–water partition coefficient (Wildman–Crippen LogP) is 19.2. The van der Waals surface area contributed by atoms with Crippen LogP contribution in [-0.4, -0.2) is 36.4 Å². The molecule has 1 atom stereocenters. The number of aliphatic hydroxyl groups excluding tert-OH is 1. The Morgan fingerprint density at radius 1 is 0.329 bits per heavy atom. The van der Waals surface area contributed by atoms with Crippen LogP contribution in [0, 0.1) is 0 Å². The summed E-state index contributed by atoms with van der Waals surface area (Å²) in [7, 11) is 0. The molecular weight excluding hydrogens is 861 g/mol. The highest BCUT2D eigenvalue weighted by molar-refractivity contribution is 5.70. The quantitative estimate of drug-likeness (QED) is 0.0374. The molecule has 0 amide bonds. The van der Waals surface area contributed by atoms with Crippen molar-refractivity contribution >= 4 is 11.9 Å². The highest BCUT2D eigenvalue weighted by Gasteiger charge is 2.16. The van der Waals surface area contributed by atoms with Crippen LogP contribution < -0.4 is 0 Å². The predicted molar refractivity (Wildman–Crippen MR) is 306 cm³/mol. The van der Waals surface area contributed by atoms with E-state index in [1.807, 2.05) is 0 Å². The first-order valence-corrected chi connectivity index (χ1v) is 28.0. The third-order valence-electron chi connectivity index (χ3n) is 11.3. The van der Waals surface area contributed by atoms with Gasteiger partial charge in [-0.1, -0.05) is 249 Å². The lowest BCUT2D eigenvalue weighted by Gasteiger charge is -2.15. The Bertz CT molecular complexity index is 1560. The average Bonchev–Trinajstić information content (AvgIpc) is 3.36. The van der Waals surface area contributed by atoms with Crippen LogP contribution in [0.1, 0.15) is 219 Å². The minimum absolute atomic E-state index is 0.0992. The molecule has 0 saturated carbocycles. The first-order chi connectivity index (χ1) is 34.6. The number of ether oxygens (including phenoxy) is 2. The highest BCUT2D eigenvalue weighted by Crippen LogP contribution is 2.15. The summed E-state index contributed by atoms with van der Waals surface area (Å²) in [5, 5.41) is 9.64. The van der Waals surface area contributed by atoms with Crippen molar-refractivity contribution in [2.45, 2.75) is 225 Å². The fourth-order valence-corrected chi connectivity index (χ4v) is 7.19. The molecule has 0 aromatic carbocycles. The first-order valence-electron chi connectivity index (χ1n) is 28.0. The van der Waals surface area contributed by atoms with Crippen molar-refractivity contribution in [1.82, 2.24) is 0 Å². The van der Waals surface area contributed by atoms with E-state index in [0.717, 1.165) is 109 Å². The van der Waals surface area contributed by atoms with E-state index in [4.69, 9.17) is 9.47 Å². The molecule has 1 N–H and O–H groups in total. The van der Waals surface area contributed by atoms with Gasteiger partial charge in [0.1, 0.15) is 6.61 Å². The smallest absolute Gasteiger partial charge is 0.306 e. The Morgan fingerprint density at radius 2 is 0.586 bits per heavy atom. The van der Waals surface area contributed by atoms with E-state index in [1.54, 1.807) is 0 Å². The van der Waals surface area contributed by atoms with E-state index in [-0.39, 0.29) is 31.6 Å². The number of aliphatic hydroxyl groups is 1. The Kier molecular flexibility index (Phi) is 55.1. The van der Waals surface area contributed by atoms with Crippen molar-refractivity contribution in [2.24, 2.45) is 0 Å². The summed E-state index contributed by atoms with van der Waals surface area (Å²) >= 11 is 0. The molecule has 0 saturated heterocycles. The van der Waals surface area contributed by atoms with Crippen molar-refractivity contribution in [3.63, 3.8) is 0 Å². The van der Waals surface area contributed by atoms with Crippen molar-refractivity contribution in [3.8, 4) is 0 Å². The molecule has 5 nitrogen and oxygen atoms in total. The fraction of sp³-hybridized carbons (Fsp3) is 0.569. The number of rotatable bonds is 49. The summed E-state index contributed by atoms with van der Waals surface area (Å²) in [6.45, 7) is 3.86. The molecule has 0 aliphatic rings. The zero-order valence-corrected chi connectivity index (χ0v) is 44.7. The maximum Gasteiger partial charge on any atom is 0.306 e. The summed E-state index contributed by atoms with van der Waals surface area (Å²) < 4.78 is 10.6. The van der Waals surface area contributed by atoms with Gasteiger partial charge in [0.05, 0.1) is 6.61 Å². The van der Waals surface area contributed by atoms with Crippen molar-refractivity contribution in [2.75, 3.05) is 13.2 Å². The number of esters is 2. The molecule has 0 spiro atoms. The van der Waals surface area contributed by atoms with Crippen LogP contribution in [0.4, 0.5) is 0 Å². The van der Waals surface area contributed by atoms with E-state index in [2.05, 4.69) is 172 Å². The average molecular weight is 964 g/mol. The normalized spacial score (nSPS) is 13.5. The van der Waals surface area contributed by atoms with Gasteiger partial charge in [-0.05, 0) is 116 Å². The Morgan fingerprint density at radius 3 is 0.900 bits per heavy atom. The fourth-order valence-electron chi connectivity index (χ4n) is 7.19. The number of carbonyl (C=O) groups is 2. The molecule has 0 aromatic heterocycles. The van der Waals surface area contributed by atoms with Crippen LogP contribution in [0.5, 0.6) is 0 Å². The van der Waals surface area contributed by atoms with E-state index < -0.39 is 6.10 Å². The van der Waals surface area contributed by atoms with Gasteiger partial charge < -0.3 is 14.6 Å². The van der Waals surface area contributed by atoms with Gasteiger partial charge in [0.25, 0.3) is 0 Å². The van der Waals surface area contributed by atoms with Crippen molar-refractivity contribution < 1.29 is 24.2 Å². The van der Waals surface area contributed by atoms with Crippen LogP contribution in [-0.2, 0) is 19.1 Å². The van der Waals surface area contributed by atoms with E-state index in [1.165, 1.54) is 77.0 Å². The lowest BCUT2D eigenvalue weighted by Crippen LogP contribution is -2.28. The van der Waals surface area contributed by atoms with Gasteiger partial charge in [-0.25, -0.2) is 0 Å². The van der Waals surface area contributed by atoms with Gasteiger partial charge in [0.15, 0.2) is 6.10 Å². The third kappa shape index (κ3) is 56.1. The molecule has 5 heteroatoms. The SMILES string of the molecule is CC/C=C\C/C=C\C/C=C\C/C=C\C/C=C\C/C=C\C/C=C\CCCC(=O)OC(CO)COC(=O)CCCCCCCCCCCCCCCC/C=C\C/C=C\C/C=C\C/C=C\C/C=C\C/C=C\CC. The van der Waals surface area contributed by atoms with E-state index in [9.17, 15) is 14.7 Å². The number of unbranched alkanes of at least 4 members (excludes halogenated alkanes) is 15. The van der Waals surface area contributed by atoms with Gasteiger partial charge in [0, 0.05) is 12.8 Å². The summed E-state index contributed by atoms with van der Waals surface area (Å²) in [6, 6.07) is 0. The Balaban J connectivity index is 3.61. The van der Waals surface area contributed by atoms with Crippen LogP contribution in [0.2, 0.25) is 0 Å². The topological polar surface area (TPSA) is 72.8 Å². The van der Waals surface area contributed by atoms with Gasteiger partial charge in [-0.2, -0.15) is 0 Å². The Hall–Kier alpha value is -4.48. The molecule has 0 heterocycles. The summed E-state index contributed by atoms with van der Waals surface area (Å²) in [5.41, 5.74) is 0. The lowest BCUT2D eigenvalue weighted by atomic mass is 10.0. The molecule has 0 bridgehead atoms. The van der Waals surface area contributed by atoms with Gasteiger partial charge >= 0.3 is 11.9 Å². The summed E-state index contributed by atoms with van der Waals surface area (Å²) in [4.78, 5) is 24.5. The van der Waals surface area contributed by atoms with Crippen molar-refractivity contribution in [1.29, 1.82) is 0 Å².